The van der Waals surface area contributed by atoms with Gasteiger partial charge < -0.3 is 10.5 Å². The maximum Gasteiger partial charge on any atom is 0.0593 e. The van der Waals surface area contributed by atoms with E-state index < -0.39 is 0 Å². The first-order chi connectivity index (χ1) is 8.27. The molecular weight excluding hydrogens is 212 g/mol. The fourth-order valence-electron chi connectivity index (χ4n) is 2.80. The van der Waals surface area contributed by atoms with Gasteiger partial charge in [-0.15, -0.1) is 0 Å². The highest BCUT2D eigenvalue weighted by atomic mass is 16.5. The predicted octanol–water partition coefficient (Wildman–Crippen LogP) is 2.25. The molecule has 0 aliphatic heterocycles. The van der Waals surface area contributed by atoms with Crippen molar-refractivity contribution >= 4 is 0 Å². The highest BCUT2D eigenvalue weighted by Gasteiger charge is 2.20. The molecule has 3 nitrogen and oxygen atoms in total. The summed E-state index contributed by atoms with van der Waals surface area (Å²) < 4.78 is 5.41. The topological polar surface area (TPSA) is 38.5 Å². The Labute approximate surface area is 107 Å². The molecular formula is C14H30N2O. The molecule has 1 atom stereocenters. The van der Waals surface area contributed by atoms with E-state index in [1.807, 2.05) is 6.92 Å². The average molecular weight is 242 g/mol. The maximum atomic E-state index is 5.91. The van der Waals surface area contributed by atoms with Gasteiger partial charge in [-0.25, -0.2) is 0 Å². The molecule has 102 valence electrons. The Balaban J connectivity index is 2.25. The Hall–Kier alpha value is -0.120. The Morgan fingerprint density at radius 2 is 2.00 bits per heavy atom. The standard InChI is InChI=1S/C14H30N2O/c1-3-17-10-9-16(2)14(12-15)11-13-7-5-4-6-8-13/h13-14H,3-12,15H2,1-2H3. The molecule has 2 N–H and O–H groups in total. The first-order valence-corrected chi connectivity index (χ1v) is 7.26. The van der Waals surface area contributed by atoms with Gasteiger partial charge >= 0.3 is 0 Å². The van der Waals surface area contributed by atoms with Crippen LogP contribution < -0.4 is 5.73 Å². The maximum absolute atomic E-state index is 5.91. The van der Waals surface area contributed by atoms with Crippen LogP contribution in [0.1, 0.15) is 45.4 Å². The molecule has 1 aliphatic carbocycles. The van der Waals surface area contributed by atoms with Gasteiger partial charge in [0, 0.05) is 25.7 Å². The van der Waals surface area contributed by atoms with Crippen molar-refractivity contribution in [3.63, 3.8) is 0 Å². The lowest BCUT2D eigenvalue weighted by Gasteiger charge is -2.31. The quantitative estimate of drug-likeness (QED) is 0.664. The van der Waals surface area contributed by atoms with Gasteiger partial charge in [0.15, 0.2) is 0 Å². The summed E-state index contributed by atoms with van der Waals surface area (Å²) in [5.41, 5.74) is 5.91. The molecule has 3 heteroatoms. The van der Waals surface area contributed by atoms with E-state index in [4.69, 9.17) is 10.5 Å². The summed E-state index contributed by atoms with van der Waals surface area (Å²) in [6.07, 6.45) is 8.38. The Bertz CT molecular complexity index is 181. The predicted molar refractivity (Wildman–Crippen MR) is 73.2 cm³/mol. The Morgan fingerprint density at radius 3 is 2.59 bits per heavy atom. The molecule has 0 amide bonds. The van der Waals surface area contributed by atoms with Crippen molar-refractivity contribution in [2.45, 2.75) is 51.5 Å². The largest absolute Gasteiger partial charge is 0.380 e. The van der Waals surface area contributed by atoms with E-state index in [2.05, 4.69) is 11.9 Å². The highest BCUT2D eigenvalue weighted by molar-refractivity contribution is 4.76. The van der Waals surface area contributed by atoms with Gasteiger partial charge in [0.25, 0.3) is 0 Å². The van der Waals surface area contributed by atoms with Crippen LogP contribution >= 0.6 is 0 Å². The summed E-state index contributed by atoms with van der Waals surface area (Å²) in [4.78, 5) is 2.38. The van der Waals surface area contributed by atoms with E-state index in [9.17, 15) is 0 Å². The van der Waals surface area contributed by atoms with Crippen molar-refractivity contribution in [2.24, 2.45) is 11.7 Å². The summed E-state index contributed by atoms with van der Waals surface area (Å²) in [7, 11) is 2.18. The average Bonchev–Trinajstić information content (AvgIpc) is 2.37. The molecule has 0 aromatic carbocycles. The molecule has 1 saturated carbocycles. The van der Waals surface area contributed by atoms with Crippen LogP contribution in [0.25, 0.3) is 0 Å². The minimum atomic E-state index is 0.540. The molecule has 0 saturated heterocycles. The summed E-state index contributed by atoms with van der Waals surface area (Å²) in [6, 6.07) is 0.540. The molecule has 0 heterocycles. The Morgan fingerprint density at radius 1 is 1.29 bits per heavy atom. The summed E-state index contributed by atoms with van der Waals surface area (Å²) in [6.45, 7) is 5.46. The third kappa shape index (κ3) is 5.84. The molecule has 1 unspecified atom stereocenters. The monoisotopic (exact) mass is 242 g/mol. The summed E-state index contributed by atoms with van der Waals surface area (Å²) >= 11 is 0. The van der Waals surface area contributed by atoms with Gasteiger partial charge in [-0.3, -0.25) is 4.90 Å². The van der Waals surface area contributed by atoms with Gasteiger partial charge in [0.1, 0.15) is 0 Å². The first-order valence-electron chi connectivity index (χ1n) is 7.26. The fourth-order valence-corrected chi connectivity index (χ4v) is 2.80. The zero-order valence-electron chi connectivity index (χ0n) is 11.7. The van der Waals surface area contributed by atoms with Gasteiger partial charge in [-0.05, 0) is 26.3 Å². The molecule has 0 radical (unpaired) electrons. The van der Waals surface area contributed by atoms with E-state index in [-0.39, 0.29) is 0 Å². The molecule has 17 heavy (non-hydrogen) atoms. The summed E-state index contributed by atoms with van der Waals surface area (Å²) in [5, 5.41) is 0. The van der Waals surface area contributed by atoms with Gasteiger partial charge in [0.2, 0.25) is 0 Å². The van der Waals surface area contributed by atoms with Crippen molar-refractivity contribution in [1.29, 1.82) is 0 Å². The second-order valence-corrected chi connectivity index (χ2v) is 5.31. The molecule has 1 fully saturated rings. The zero-order chi connectivity index (χ0) is 12.5. The van der Waals surface area contributed by atoms with Crippen molar-refractivity contribution in [3.8, 4) is 0 Å². The first kappa shape index (κ1) is 14.9. The van der Waals surface area contributed by atoms with Crippen LogP contribution in [0.3, 0.4) is 0 Å². The van der Waals surface area contributed by atoms with Crippen LogP contribution in [0.4, 0.5) is 0 Å². The van der Waals surface area contributed by atoms with Crippen molar-refractivity contribution in [1.82, 2.24) is 4.90 Å². The summed E-state index contributed by atoms with van der Waals surface area (Å²) in [5.74, 6) is 0.909. The number of hydrogen-bond donors (Lipinski definition) is 1. The number of rotatable bonds is 8. The second kappa shape index (κ2) is 8.90. The molecule has 0 bridgehead atoms. The van der Waals surface area contributed by atoms with E-state index >= 15 is 0 Å². The van der Waals surface area contributed by atoms with E-state index in [0.717, 1.165) is 32.2 Å². The lowest BCUT2D eigenvalue weighted by Crippen LogP contribution is -2.41. The molecule has 0 aromatic rings. The zero-order valence-corrected chi connectivity index (χ0v) is 11.7. The number of nitrogens with zero attached hydrogens (tertiary/aromatic N) is 1. The lowest BCUT2D eigenvalue weighted by atomic mass is 9.84. The molecule has 0 spiro atoms. The van der Waals surface area contributed by atoms with E-state index in [1.165, 1.54) is 38.5 Å². The SMILES string of the molecule is CCOCCN(C)C(CN)CC1CCCCC1. The minimum Gasteiger partial charge on any atom is -0.380 e. The van der Waals surface area contributed by atoms with Crippen molar-refractivity contribution < 1.29 is 4.74 Å². The third-order valence-corrected chi connectivity index (χ3v) is 4.02. The number of nitrogens with two attached hydrogens (primary N) is 1. The van der Waals surface area contributed by atoms with Crippen LogP contribution in [0.5, 0.6) is 0 Å². The smallest absolute Gasteiger partial charge is 0.0593 e. The van der Waals surface area contributed by atoms with Crippen LogP contribution in [0, 0.1) is 5.92 Å². The van der Waals surface area contributed by atoms with Crippen LogP contribution in [0.15, 0.2) is 0 Å². The van der Waals surface area contributed by atoms with E-state index in [1.54, 1.807) is 0 Å². The number of hydrogen-bond acceptors (Lipinski definition) is 3. The van der Waals surface area contributed by atoms with Crippen molar-refractivity contribution in [2.75, 3.05) is 33.4 Å². The highest BCUT2D eigenvalue weighted by Crippen LogP contribution is 2.28. The minimum absolute atomic E-state index is 0.540. The van der Waals surface area contributed by atoms with E-state index in [0.29, 0.717) is 6.04 Å². The van der Waals surface area contributed by atoms with Crippen LogP contribution in [-0.4, -0.2) is 44.3 Å². The Kier molecular flexibility index (Phi) is 7.82. The molecule has 1 aliphatic rings. The lowest BCUT2D eigenvalue weighted by molar-refractivity contribution is 0.100. The van der Waals surface area contributed by atoms with Gasteiger partial charge in [-0.2, -0.15) is 0 Å². The van der Waals surface area contributed by atoms with Crippen LogP contribution in [0.2, 0.25) is 0 Å². The normalized spacial score (nSPS) is 19.8. The molecule has 0 aromatic heterocycles. The van der Waals surface area contributed by atoms with Gasteiger partial charge in [-0.1, -0.05) is 32.1 Å². The third-order valence-electron chi connectivity index (χ3n) is 4.02. The number of ether oxygens (including phenoxy) is 1. The van der Waals surface area contributed by atoms with Gasteiger partial charge in [0.05, 0.1) is 6.61 Å². The number of likely N-dealkylation sites (N-methyl/N-ethyl adjacent to an activating group) is 1. The molecule has 1 rings (SSSR count). The second-order valence-electron chi connectivity index (χ2n) is 5.31. The van der Waals surface area contributed by atoms with Crippen molar-refractivity contribution in [3.05, 3.63) is 0 Å². The van der Waals surface area contributed by atoms with Crippen LogP contribution in [-0.2, 0) is 4.74 Å². The fraction of sp³-hybridized carbons (Fsp3) is 1.00.